The van der Waals surface area contributed by atoms with Crippen LogP contribution in [0.3, 0.4) is 0 Å². The van der Waals surface area contributed by atoms with Crippen LogP contribution in [0.1, 0.15) is 19.7 Å². The Hall–Kier alpha value is -1.95. The molecule has 6 heteroatoms. The topological polar surface area (TPSA) is 54.2 Å². The molecule has 1 N–H and O–H groups in total. The molecule has 0 amide bonds. The van der Waals surface area contributed by atoms with Crippen molar-refractivity contribution in [3.05, 3.63) is 36.0 Å². The van der Waals surface area contributed by atoms with Crippen molar-refractivity contribution in [1.82, 2.24) is 15.5 Å². The first-order valence-electron chi connectivity index (χ1n) is 6.58. The molecular weight excluding hydrogens is 259 g/mol. The zero-order valence-corrected chi connectivity index (χ0v) is 11.9. The van der Waals surface area contributed by atoms with Crippen LogP contribution in [0.25, 0.3) is 0 Å². The Labute approximate surface area is 117 Å². The van der Waals surface area contributed by atoms with E-state index in [2.05, 4.69) is 29.4 Å². The third-order valence-corrected chi connectivity index (χ3v) is 2.79. The van der Waals surface area contributed by atoms with Crippen molar-refractivity contribution >= 4 is 11.7 Å². The lowest BCUT2D eigenvalue weighted by Gasteiger charge is -2.13. The zero-order chi connectivity index (χ0) is 14.5. The van der Waals surface area contributed by atoms with E-state index in [0.29, 0.717) is 24.4 Å². The molecule has 0 aliphatic heterocycles. The van der Waals surface area contributed by atoms with Crippen LogP contribution in [-0.2, 0) is 6.54 Å². The smallest absolute Gasteiger partial charge is 0.322 e. The van der Waals surface area contributed by atoms with Crippen molar-refractivity contribution in [3.8, 4) is 0 Å². The van der Waals surface area contributed by atoms with Crippen LogP contribution in [0.15, 0.2) is 28.7 Å². The van der Waals surface area contributed by atoms with Gasteiger partial charge in [0.25, 0.3) is 0 Å². The molecule has 0 fully saturated rings. The number of aromatic nitrogens is 2. The Balaban J connectivity index is 1.99. The fourth-order valence-electron chi connectivity index (χ4n) is 1.69. The molecule has 0 spiro atoms. The molecular formula is C14H19FN4O. The van der Waals surface area contributed by atoms with Gasteiger partial charge >= 0.3 is 6.01 Å². The molecule has 1 aromatic heterocycles. The highest BCUT2D eigenvalue weighted by atomic mass is 19.1. The molecule has 108 valence electrons. The Morgan fingerprint density at radius 3 is 2.60 bits per heavy atom. The molecule has 2 rings (SSSR count). The van der Waals surface area contributed by atoms with E-state index in [0.717, 1.165) is 12.2 Å². The fourth-order valence-corrected chi connectivity index (χ4v) is 1.69. The molecule has 5 nitrogen and oxygen atoms in total. The van der Waals surface area contributed by atoms with Gasteiger partial charge in [0.05, 0.1) is 6.54 Å². The van der Waals surface area contributed by atoms with Crippen LogP contribution in [0, 0.1) is 11.7 Å². The second-order valence-corrected chi connectivity index (χ2v) is 5.04. The summed E-state index contributed by atoms with van der Waals surface area (Å²) in [5, 5.41) is 11.2. The van der Waals surface area contributed by atoms with E-state index in [1.807, 2.05) is 0 Å². The van der Waals surface area contributed by atoms with Gasteiger partial charge in [0.15, 0.2) is 0 Å². The molecule has 0 aliphatic carbocycles. The van der Waals surface area contributed by atoms with Crippen LogP contribution in [-0.4, -0.2) is 23.8 Å². The monoisotopic (exact) mass is 278 g/mol. The van der Waals surface area contributed by atoms with Crippen molar-refractivity contribution < 1.29 is 8.81 Å². The molecule has 1 heterocycles. The summed E-state index contributed by atoms with van der Waals surface area (Å²) in [5.41, 5.74) is 0.789. The average molecular weight is 278 g/mol. The fraction of sp³-hybridized carbons (Fsp3) is 0.429. The second kappa shape index (κ2) is 6.47. The van der Waals surface area contributed by atoms with E-state index >= 15 is 0 Å². The molecule has 0 saturated heterocycles. The first-order chi connectivity index (χ1) is 9.56. The summed E-state index contributed by atoms with van der Waals surface area (Å²) in [6.45, 7) is 5.71. The van der Waals surface area contributed by atoms with Gasteiger partial charge in [-0.2, -0.15) is 0 Å². The minimum Gasteiger partial charge on any atom is -0.406 e. The number of anilines is 2. The number of hydrogen-bond acceptors (Lipinski definition) is 5. The standard InChI is InChI=1S/C14H19FN4O/c1-10(2)8-16-9-13-17-18-14(20-13)19(3)12-6-4-11(15)5-7-12/h4-7,10,16H,8-9H2,1-3H3. The Kier molecular flexibility index (Phi) is 4.68. The van der Waals surface area contributed by atoms with Gasteiger partial charge in [0.2, 0.25) is 5.89 Å². The van der Waals surface area contributed by atoms with E-state index in [4.69, 9.17) is 4.42 Å². The van der Waals surface area contributed by atoms with E-state index < -0.39 is 0 Å². The largest absolute Gasteiger partial charge is 0.406 e. The third-order valence-electron chi connectivity index (χ3n) is 2.79. The SMILES string of the molecule is CC(C)CNCc1nnc(N(C)c2ccc(F)cc2)o1. The number of nitrogens with one attached hydrogen (secondary N) is 1. The third kappa shape index (κ3) is 3.77. The quantitative estimate of drug-likeness (QED) is 0.880. The molecule has 2 aromatic rings. The molecule has 0 atom stereocenters. The number of nitrogens with zero attached hydrogens (tertiary/aromatic N) is 3. The van der Waals surface area contributed by atoms with Gasteiger partial charge in [0, 0.05) is 12.7 Å². The maximum Gasteiger partial charge on any atom is 0.322 e. The van der Waals surface area contributed by atoms with E-state index in [1.165, 1.54) is 12.1 Å². The predicted octanol–water partition coefficient (Wildman–Crippen LogP) is 2.72. The van der Waals surface area contributed by atoms with Gasteiger partial charge in [-0.1, -0.05) is 18.9 Å². The van der Waals surface area contributed by atoms with Crippen molar-refractivity contribution in [3.63, 3.8) is 0 Å². The second-order valence-electron chi connectivity index (χ2n) is 5.04. The zero-order valence-electron chi connectivity index (χ0n) is 11.9. The minimum atomic E-state index is -0.272. The highest BCUT2D eigenvalue weighted by molar-refractivity contribution is 5.54. The summed E-state index contributed by atoms with van der Waals surface area (Å²) in [4.78, 5) is 1.72. The summed E-state index contributed by atoms with van der Waals surface area (Å²) in [5.74, 6) is 0.833. The number of rotatable bonds is 6. The first-order valence-corrected chi connectivity index (χ1v) is 6.58. The summed E-state index contributed by atoms with van der Waals surface area (Å²) < 4.78 is 18.4. The van der Waals surface area contributed by atoms with Gasteiger partial charge in [-0.05, 0) is 36.7 Å². The number of benzene rings is 1. The lowest BCUT2D eigenvalue weighted by Crippen LogP contribution is -2.19. The molecule has 0 bridgehead atoms. The van der Waals surface area contributed by atoms with Crippen molar-refractivity contribution in [2.24, 2.45) is 5.92 Å². The molecule has 0 saturated carbocycles. The molecule has 0 radical (unpaired) electrons. The van der Waals surface area contributed by atoms with Crippen LogP contribution in [0.2, 0.25) is 0 Å². The Morgan fingerprint density at radius 2 is 1.95 bits per heavy atom. The van der Waals surface area contributed by atoms with Gasteiger partial charge in [-0.25, -0.2) is 4.39 Å². The van der Waals surface area contributed by atoms with E-state index in [1.54, 1.807) is 24.1 Å². The Bertz CT molecular complexity index is 538. The summed E-state index contributed by atoms with van der Waals surface area (Å²) in [7, 11) is 1.80. The highest BCUT2D eigenvalue weighted by Crippen LogP contribution is 2.22. The van der Waals surface area contributed by atoms with Crippen molar-refractivity contribution in [2.75, 3.05) is 18.5 Å². The van der Waals surface area contributed by atoms with Crippen LogP contribution >= 0.6 is 0 Å². The lowest BCUT2D eigenvalue weighted by molar-refractivity contribution is 0.455. The van der Waals surface area contributed by atoms with Crippen molar-refractivity contribution in [2.45, 2.75) is 20.4 Å². The van der Waals surface area contributed by atoms with E-state index in [-0.39, 0.29) is 5.82 Å². The summed E-state index contributed by atoms with van der Waals surface area (Å²) in [6, 6.07) is 6.51. The molecule has 1 aromatic carbocycles. The highest BCUT2D eigenvalue weighted by Gasteiger charge is 2.12. The van der Waals surface area contributed by atoms with Crippen LogP contribution in [0.4, 0.5) is 16.1 Å². The van der Waals surface area contributed by atoms with Gasteiger partial charge in [0.1, 0.15) is 5.82 Å². The maximum atomic E-state index is 12.9. The molecule has 0 unspecified atom stereocenters. The minimum absolute atomic E-state index is 0.272. The average Bonchev–Trinajstić information content (AvgIpc) is 2.87. The van der Waals surface area contributed by atoms with Gasteiger partial charge < -0.3 is 9.73 Å². The summed E-state index contributed by atoms with van der Waals surface area (Å²) >= 11 is 0. The molecule has 20 heavy (non-hydrogen) atoms. The lowest BCUT2D eigenvalue weighted by atomic mass is 10.2. The molecule has 0 aliphatic rings. The first kappa shape index (κ1) is 14.5. The van der Waals surface area contributed by atoms with E-state index in [9.17, 15) is 4.39 Å². The summed E-state index contributed by atoms with van der Waals surface area (Å²) in [6.07, 6.45) is 0. The van der Waals surface area contributed by atoms with Gasteiger partial charge in [-0.15, -0.1) is 5.10 Å². The maximum absolute atomic E-state index is 12.9. The number of hydrogen-bond donors (Lipinski definition) is 1. The van der Waals surface area contributed by atoms with Gasteiger partial charge in [-0.3, -0.25) is 4.90 Å². The van der Waals surface area contributed by atoms with Crippen LogP contribution in [0.5, 0.6) is 0 Å². The van der Waals surface area contributed by atoms with Crippen molar-refractivity contribution in [1.29, 1.82) is 0 Å². The predicted molar refractivity (Wildman–Crippen MR) is 75.3 cm³/mol. The normalized spacial score (nSPS) is 11.1. The number of halogens is 1. The Morgan fingerprint density at radius 1 is 1.25 bits per heavy atom. The van der Waals surface area contributed by atoms with Crippen LogP contribution < -0.4 is 10.2 Å².